The van der Waals surface area contributed by atoms with Crippen molar-refractivity contribution in [2.75, 3.05) is 0 Å². The summed E-state index contributed by atoms with van der Waals surface area (Å²) in [6.45, 7) is 3.77. The summed E-state index contributed by atoms with van der Waals surface area (Å²) in [6, 6.07) is 0. The van der Waals surface area contributed by atoms with Gasteiger partial charge in [0, 0.05) is 12.5 Å². The number of rotatable bonds is 15. The number of aliphatic hydroxyl groups is 1. The molecule has 0 aliphatic carbocycles. The van der Waals surface area contributed by atoms with Gasteiger partial charge in [-0.05, 0) is 18.9 Å². The highest BCUT2D eigenvalue weighted by molar-refractivity contribution is 5.91. The highest BCUT2D eigenvalue weighted by Gasteiger charge is 2.32. The first-order valence-corrected chi connectivity index (χ1v) is 10.2. The number of ether oxygens (including phenoxy) is 1. The molecule has 24 heavy (non-hydrogen) atoms. The van der Waals surface area contributed by atoms with Crippen LogP contribution in [0.5, 0.6) is 0 Å². The Bertz CT molecular complexity index is 371. The summed E-state index contributed by atoms with van der Waals surface area (Å²) in [5.74, 6) is -1.74. The number of cyclic esters (lactones) is 1. The highest BCUT2D eigenvalue weighted by Crippen LogP contribution is 2.25. The van der Waals surface area contributed by atoms with Gasteiger partial charge in [0.05, 0.1) is 0 Å². The lowest BCUT2D eigenvalue weighted by molar-refractivity contribution is -0.172. The maximum atomic E-state index is 11.5. The molecule has 0 aromatic heterocycles. The van der Waals surface area contributed by atoms with Gasteiger partial charge < -0.3 is 9.84 Å². The van der Waals surface area contributed by atoms with Crippen LogP contribution in [0, 0.1) is 0 Å². The molecular weight excluding hydrogens is 300 g/mol. The molecule has 0 aromatic rings. The summed E-state index contributed by atoms with van der Waals surface area (Å²) in [4.78, 5) is 11.5. The minimum absolute atomic E-state index is 0.352. The molecule has 0 saturated carbocycles. The van der Waals surface area contributed by atoms with Crippen molar-refractivity contribution >= 4 is 5.97 Å². The van der Waals surface area contributed by atoms with E-state index < -0.39 is 5.79 Å². The molecule has 1 aliphatic rings. The summed E-state index contributed by atoms with van der Waals surface area (Å²) < 4.78 is 4.85. The van der Waals surface area contributed by atoms with Crippen molar-refractivity contribution in [1.29, 1.82) is 0 Å². The first-order chi connectivity index (χ1) is 11.5. The Morgan fingerprint density at radius 1 is 0.833 bits per heavy atom. The first kappa shape index (κ1) is 21.2. The zero-order chi connectivity index (χ0) is 17.7. The molecule has 1 atom stereocenters. The van der Waals surface area contributed by atoms with Gasteiger partial charge in [0.15, 0.2) is 0 Å². The molecule has 0 spiro atoms. The average molecular weight is 339 g/mol. The molecule has 0 fully saturated rings. The van der Waals surface area contributed by atoms with Crippen LogP contribution in [0.1, 0.15) is 110 Å². The second-order valence-electron chi connectivity index (χ2n) is 7.46. The van der Waals surface area contributed by atoms with E-state index in [1.807, 2.05) is 0 Å². The topological polar surface area (TPSA) is 46.5 Å². The van der Waals surface area contributed by atoms with Crippen LogP contribution < -0.4 is 0 Å². The van der Waals surface area contributed by atoms with E-state index in [-0.39, 0.29) is 5.97 Å². The third-order valence-electron chi connectivity index (χ3n) is 4.80. The van der Waals surface area contributed by atoms with Crippen LogP contribution in [0.25, 0.3) is 0 Å². The minimum Gasteiger partial charge on any atom is -0.426 e. The fourth-order valence-corrected chi connectivity index (χ4v) is 3.35. The van der Waals surface area contributed by atoms with Gasteiger partial charge in [-0.25, -0.2) is 4.79 Å². The van der Waals surface area contributed by atoms with Crippen molar-refractivity contribution in [1.82, 2.24) is 0 Å². The zero-order valence-corrected chi connectivity index (χ0v) is 15.9. The van der Waals surface area contributed by atoms with Crippen molar-refractivity contribution in [3.05, 3.63) is 11.6 Å². The zero-order valence-electron chi connectivity index (χ0n) is 15.9. The second-order valence-corrected chi connectivity index (χ2v) is 7.46. The molecule has 1 N–H and O–H groups in total. The van der Waals surface area contributed by atoms with Gasteiger partial charge in [0.1, 0.15) is 0 Å². The fraction of sp³-hybridized carbons (Fsp3) is 0.857. The number of carbonyl (C=O) groups is 1. The quantitative estimate of drug-likeness (QED) is 0.292. The second kappa shape index (κ2) is 12.5. The first-order valence-electron chi connectivity index (χ1n) is 10.2. The number of carbonyl (C=O) groups excluding carboxylic acids is 1. The molecule has 140 valence electrons. The van der Waals surface area contributed by atoms with E-state index >= 15 is 0 Å². The maximum Gasteiger partial charge on any atom is 0.336 e. The van der Waals surface area contributed by atoms with Gasteiger partial charge >= 0.3 is 5.97 Å². The Hall–Kier alpha value is -0.830. The van der Waals surface area contributed by atoms with E-state index in [0.29, 0.717) is 5.57 Å². The van der Waals surface area contributed by atoms with Crippen LogP contribution in [0.4, 0.5) is 0 Å². The maximum absolute atomic E-state index is 11.5. The van der Waals surface area contributed by atoms with Crippen molar-refractivity contribution in [3.63, 3.8) is 0 Å². The Balaban J connectivity index is 1.82. The predicted molar refractivity (Wildman–Crippen MR) is 99.7 cm³/mol. The summed E-state index contributed by atoms with van der Waals surface area (Å²) in [5, 5.41) is 9.63. The van der Waals surface area contributed by atoms with Gasteiger partial charge in [-0.15, -0.1) is 0 Å². The van der Waals surface area contributed by atoms with Crippen molar-refractivity contribution in [2.24, 2.45) is 0 Å². The highest BCUT2D eigenvalue weighted by atomic mass is 16.7. The van der Waals surface area contributed by atoms with Gasteiger partial charge in [0.25, 0.3) is 0 Å². The van der Waals surface area contributed by atoms with E-state index in [4.69, 9.17) is 4.74 Å². The van der Waals surface area contributed by atoms with Gasteiger partial charge in [-0.1, -0.05) is 90.4 Å². The van der Waals surface area contributed by atoms with E-state index in [0.717, 1.165) is 19.3 Å². The largest absolute Gasteiger partial charge is 0.426 e. The predicted octanol–water partition coefficient (Wildman–Crippen LogP) is 6.05. The van der Waals surface area contributed by atoms with E-state index in [1.54, 1.807) is 6.08 Å². The van der Waals surface area contributed by atoms with Crippen LogP contribution in [0.3, 0.4) is 0 Å². The fourth-order valence-electron chi connectivity index (χ4n) is 3.35. The summed E-state index contributed by atoms with van der Waals surface area (Å²) >= 11 is 0. The van der Waals surface area contributed by atoms with Crippen molar-refractivity contribution in [3.8, 4) is 0 Å². The third kappa shape index (κ3) is 10.1. The Kier molecular flexibility index (Phi) is 11.1. The van der Waals surface area contributed by atoms with Crippen LogP contribution in [-0.2, 0) is 9.53 Å². The van der Waals surface area contributed by atoms with Gasteiger partial charge in [-0.2, -0.15) is 0 Å². The SMILES string of the molecule is CCCCCCCCCCCCCCCCC1=C[C@@](C)(O)OC1=O. The van der Waals surface area contributed by atoms with Crippen LogP contribution in [0.15, 0.2) is 11.6 Å². The van der Waals surface area contributed by atoms with E-state index in [2.05, 4.69) is 6.92 Å². The van der Waals surface area contributed by atoms with Crippen LogP contribution >= 0.6 is 0 Å². The average Bonchev–Trinajstić information content (AvgIpc) is 2.80. The number of esters is 1. The molecule has 0 bridgehead atoms. The molecule has 0 radical (unpaired) electrons. The lowest BCUT2D eigenvalue weighted by Gasteiger charge is -2.11. The van der Waals surface area contributed by atoms with Crippen LogP contribution in [-0.4, -0.2) is 16.9 Å². The molecule has 3 nitrogen and oxygen atoms in total. The Labute approximate surface area is 148 Å². The van der Waals surface area contributed by atoms with E-state index in [9.17, 15) is 9.90 Å². The minimum atomic E-state index is -1.39. The standard InChI is InChI=1S/C21H38O3/c1-3-4-5-6-7-8-9-10-11-12-13-14-15-16-17-19-18-21(2,23)24-20(19)22/h18,23H,3-17H2,1-2H3/t21-/m0/s1. The Morgan fingerprint density at radius 2 is 1.25 bits per heavy atom. The van der Waals surface area contributed by atoms with Crippen molar-refractivity contribution in [2.45, 2.75) is 116 Å². The van der Waals surface area contributed by atoms with Crippen molar-refractivity contribution < 1.29 is 14.6 Å². The number of unbranched alkanes of at least 4 members (excludes halogenated alkanes) is 13. The van der Waals surface area contributed by atoms with Gasteiger partial charge in [0.2, 0.25) is 5.79 Å². The Morgan fingerprint density at radius 3 is 1.62 bits per heavy atom. The summed E-state index contributed by atoms with van der Waals surface area (Å²) in [5.41, 5.74) is 0.638. The molecule has 1 aliphatic heterocycles. The molecule has 0 saturated heterocycles. The van der Waals surface area contributed by atoms with E-state index in [1.165, 1.54) is 84.0 Å². The summed E-state index contributed by atoms with van der Waals surface area (Å²) in [7, 11) is 0. The molecule has 3 heteroatoms. The van der Waals surface area contributed by atoms with Gasteiger partial charge in [-0.3, -0.25) is 0 Å². The lowest BCUT2D eigenvalue weighted by atomic mass is 10.0. The molecule has 1 heterocycles. The molecule has 0 aromatic carbocycles. The summed E-state index contributed by atoms with van der Waals surface area (Å²) in [6.07, 6.45) is 20.9. The monoisotopic (exact) mass is 338 g/mol. The van der Waals surface area contributed by atoms with Crippen LogP contribution in [0.2, 0.25) is 0 Å². The molecular formula is C21H38O3. The number of hydrogen-bond donors (Lipinski definition) is 1. The smallest absolute Gasteiger partial charge is 0.336 e. The normalized spacial score (nSPS) is 20.3. The lowest BCUT2D eigenvalue weighted by Crippen LogP contribution is -2.22. The third-order valence-corrected chi connectivity index (χ3v) is 4.80. The number of hydrogen-bond acceptors (Lipinski definition) is 3. The molecule has 0 amide bonds. The molecule has 1 rings (SSSR count). The molecule has 0 unspecified atom stereocenters.